The van der Waals surface area contributed by atoms with Crippen LogP contribution < -0.4 is 5.32 Å². The second kappa shape index (κ2) is 6.51. The van der Waals surface area contributed by atoms with E-state index in [-0.39, 0.29) is 18.4 Å². The zero-order valence-electron chi connectivity index (χ0n) is 12.9. The second-order valence-electron chi connectivity index (χ2n) is 5.11. The molecule has 0 aliphatic carbocycles. The maximum absolute atomic E-state index is 12.2. The van der Waals surface area contributed by atoms with Crippen molar-refractivity contribution in [3.8, 4) is 0 Å². The fraction of sp³-hybridized carbons (Fsp3) is 0.571. The summed E-state index contributed by atoms with van der Waals surface area (Å²) in [6, 6.07) is -0.188. The molecular weight excluding hydrogens is 270 g/mol. The minimum Gasteiger partial charge on any atom is -0.361 e. The van der Waals surface area contributed by atoms with Crippen molar-refractivity contribution < 1.29 is 9.32 Å². The molecular formula is C14H21N5O2. The number of carbonyl (C=O) groups is 1. The van der Waals surface area contributed by atoms with Crippen molar-refractivity contribution in [2.45, 2.75) is 53.1 Å². The van der Waals surface area contributed by atoms with Crippen LogP contribution in [0.4, 0.5) is 0 Å². The van der Waals surface area contributed by atoms with E-state index < -0.39 is 0 Å². The molecule has 21 heavy (non-hydrogen) atoms. The van der Waals surface area contributed by atoms with E-state index in [9.17, 15) is 4.79 Å². The van der Waals surface area contributed by atoms with Crippen LogP contribution in [0.25, 0.3) is 0 Å². The molecule has 0 fully saturated rings. The Bertz CT molecular complexity index is 597. The van der Waals surface area contributed by atoms with Gasteiger partial charge in [0.25, 0.3) is 0 Å². The molecule has 1 N–H and O–H groups in total. The molecule has 0 bridgehead atoms. The van der Waals surface area contributed by atoms with Gasteiger partial charge in [-0.2, -0.15) is 5.10 Å². The molecule has 0 saturated carbocycles. The number of rotatable bonds is 6. The molecule has 0 radical (unpaired) electrons. The molecule has 0 aromatic carbocycles. The van der Waals surface area contributed by atoms with Gasteiger partial charge in [0.15, 0.2) is 0 Å². The number of nitrogens with zero attached hydrogens (tertiary/aromatic N) is 4. The summed E-state index contributed by atoms with van der Waals surface area (Å²) in [6.45, 7) is 8.41. The summed E-state index contributed by atoms with van der Waals surface area (Å²) in [6.07, 6.45) is 2.74. The van der Waals surface area contributed by atoms with E-state index in [1.807, 2.05) is 25.5 Å². The molecule has 2 heterocycles. The van der Waals surface area contributed by atoms with Gasteiger partial charge in [-0.1, -0.05) is 12.1 Å². The van der Waals surface area contributed by atoms with Crippen molar-refractivity contribution in [3.05, 3.63) is 29.2 Å². The van der Waals surface area contributed by atoms with Crippen LogP contribution in [0.15, 0.2) is 10.9 Å². The van der Waals surface area contributed by atoms with Crippen LogP contribution in [0.1, 0.15) is 49.2 Å². The lowest BCUT2D eigenvalue weighted by Crippen LogP contribution is -2.30. The minimum atomic E-state index is -0.188. The smallest absolute Gasteiger partial charge is 0.225 e. The summed E-state index contributed by atoms with van der Waals surface area (Å²) in [7, 11) is 0. The Morgan fingerprint density at radius 1 is 1.48 bits per heavy atom. The van der Waals surface area contributed by atoms with Crippen molar-refractivity contribution >= 4 is 5.91 Å². The summed E-state index contributed by atoms with van der Waals surface area (Å²) in [4.78, 5) is 16.4. The average Bonchev–Trinajstić information content (AvgIpc) is 3.01. The first-order valence-corrected chi connectivity index (χ1v) is 7.11. The number of aryl methyl sites for hydroxylation is 3. The fourth-order valence-electron chi connectivity index (χ4n) is 2.26. The Morgan fingerprint density at radius 2 is 2.24 bits per heavy atom. The third kappa shape index (κ3) is 3.48. The Balaban J connectivity index is 2.00. The first-order valence-electron chi connectivity index (χ1n) is 7.11. The SMILES string of the molecule is CCCn1ncnc1C(C)NC(=O)Cc1c(C)noc1C. The number of aromatic nitrogens is 4. The first-order chi connectivity index (χ1) is 10.0. The number of amides is 1. The lowest BCUT2D eigenvalue weighted by atomic mass is 10.1. The van der Waals surface area contributed by atoms with Gasteiger partial charge in [-0.15, -0.1) is 0 Å². The van der Waals surface area contributed by atoms with Gasteiger partial charge in [0.2, 0.25) is 5.91 Å². The molecule has 7 nitrogen and oxygen atoms in total. The Morgan fingerprint density at radius 3 is 2.86 bits per heavy atom. The zero-order chi connectivity index (χ0) is 15.4. The number of nitrogens with one attached hydrogen (secondary N) is 1. The second-order valence-corrected chi connectivity index (χ2v) is 5.11. The lowest BCUT2D eigenvalue weighted by Gasteiger charge is -2.14. The molecule has 0 aliphatic heterocycles. The van der Waals surface area contributed by atoms with Crippen LogP contribution in [0, 0.1) is 13.8 Å². The molecule has 1 atom stereocenters. The molecule has 0 spiro atoms. The molecule has 2 rings (SSSR count). The van der Waals surface area contributed by atoms with Crippen molar-refractivity contribution in [3.63, 3.8) is 0 Å². The summed E-state index contributed by atoms with van der Waals surface area (Å²) in [5, 5.41) is 11.0. The van der Waals surface area contributed by atoms with Gasteiger partial charge in [-0.3, -0.25) is 4.79 Å². The standard InChI is InChI=1S/C14H21N5O2/c1-5-6-19-14(15-8-16-19)10(3)17-13(20)7-12-9(2)18-21-11(12)4/h8,10H,5-7H2,1-4H3,(H,17,20). The highest BCUT2D eigenvalue weighted by Crippen LogP contribution is 2.14. The molecule has 0 saturated heterocycles. The Labute approximate surface area is 123 Å². The van der Waals surface area contributed by atoms with Gasteiger partial charge in [-0.25, -0.2) is 9.67 Å². The Kier molecular flexibility index (Phi) is 4.72. The highest BCUT2D eigenvalue weighted by Gasteiger charge is 2.18. The van der Waals surface area contributed by atoms with E-state index in [4.69, 9.17) is 4.52 Å². The molecule has 2 aromatic heterocycles. The highest BCUT2D eigenvalue weighted by atomic mass is 16.5. The fourth-order valence-corrected chi connectivity index (χ4v) is 2.26. The maximum atomic E-state index is 12.2. The summed E-state index contributed by atoms with van der Waals surface area (Å²) < 4.78 is 6.89. The lowest BCUT2D eigenvalue weighted by molar-refractivity contribution is -0.121. The summed E-state index contributed by atoms with van der Waals surface area (Å²) in [5.74, 6) is 1.37. The van der Waals surface area contributed by atoms with Gasteiger partial charge >= 0.3 is 0 Å². The maximum Gasteiger partial charge on any atom is 0.225 e. The normalized spacial score (nSPS) is 12.4. The average molecular weight is 291 g/mol. The van der Waals surface area contributed by atoms with E-state index in [0.717, 1.165) is 30.0 Å². The monoisotopic (exact) mass is 291 g/mol. The Hall–Kier alpha value is -2.18. The van der Waals surface area contributed by atoms with Crippen molar-refractivity contribution in [1.29, 1.82) is 0 Å². The van der Waals surface area contributed by atoms with Gasteiger partial charge in [0, 0.05) is 12.1 Å². The summed E-state index contributed by atoms with van der Waals surface area (Å²) >= 11 is 0. The van der Waals surface area contributed by atoms with Crippen LogP contribution in [0.3, 0.4) is 0 Å². The number of hydrogen-bond acceptors (Lipinski definition) is 5. The van der Waals surface area contributed by atoms with Gasteiger partial charge in [0.05, 0.1) is 18.2 Å². The van der Waals surface area contributed by atoms with E-state index in [0.29, 0.717) is 5.76 Å². The third-order valence-electron chi connectivity index (χ3n) is 3.36. The largest absolute Gasteiger partial charge is 0.361 e. The van der Waals surface area contributed by atoms with Crippen molar-refractivity contribution in [2.75, 3.05) is 0 Å². The van der Waals surface area contributed by atoms with E-state index in [2.05, 4.69) is 27.5 Å². The predicted octanol–water partition coefficient (Wildman–Crippen LogP) is 1.71. The van der Waals surface area contributed by atoms with Crippen LogP contribution >= 0.6 is 0 Å². The molecule has 7 heteroatoms. The van der Waals surface area contributed by atoms with E-state index in [1.165, 1.54) is 6.33 Å². The topological polar surface area (TPSA) is 85.8 Å². The molecule has 1 amide bonds. The highest BCUT2D eigenvalue weighted by molar-refractivity contribution is 5.79. The number of hydrogen-bond donors (Lipinski definition) is 1. The van der Waals surface area contributed by atoms with Gasteiger partial charge in [0.1, 0.15) is 17.9 Å². The number of carbonyl (C=O) groups excluding carboxylic acids is 1. The molecule has 1 unspecified atom stereocenters. The quantitative estimate of drug-likeness (QED) is 0.875. The van der Waals surface area contributed by atoms with Crippen molar-refractivity contribution in [1.82, 2.24) is 25.2 Å². The van der Waals surface area contributed by atoms with E-state index >= 15 is 0 Å². The zero-order valence-corrected chi connectivity index (χ0v) is 12.9. The third-order valence-corrected chi connectivity index (χ3v) is 3.36. The van der Waals surface area contributed by atoms with Crippen LogP contribution in [0.5, 0.6) is 0 Å². The molecule has 2 aromatic rings. The van der Waals surface area contributed by atoms with Crippen molar-refractivity contribution in [2.24, 2.45) is 0 Å². The van der Waals surface area contributed by atoms with E-state index in [1.54, 1.807) is 0 Å². The van der Waals surface area contributed by atoms with Gasteiger partial charge < -0.3 is 9.84 Å². The van der Waals surface area contributed by atoms with Gasteiger partial charge in [-0.05, 0) is 27.2 Å². The summed E-state index contributed by atoms with van der Waals surface area (Å²) in [5.41, 5.74) is 1.60. The predicted molar refractivity (Wildman–Crippen MR) is 76.6 cm³/mol. The van der Waals surface area contributed by atoms with Crippen LogP contribution in [0.2, 0.25) is 0 Å². The first kappa shape index (κ1) is 15.2. The molecule has 0 aliphatic rings. The minimum absolute atomic E-state index is 0.0806. The molecule has 114 valence electrons. The van der Waals surface area contributed by atoms with Crippen LogP contribution in [-0.4, -0.2) is 25.8 Å². The van der Waals surface area contributed by atoms with Crippen LogP contribution in [-0.2, 0) is 17.8 Å².